The van der Waals surface area contributed by atoms with Crippen molar-refractivity contribution in [1.82, 2.24) is 14.3 Å². The highest BCUT2D eigenvalue weighted by atomic mass is 32.1. The number of aromatic nitrogens is 2. The van der Waals surface area contributed by atoms with Gasteiger partial charge in [-0.15, -0.1) is 11.3 Å². The Bertz CT molecular complexity index is 1430. The van der Waals surface area contributed by atoms with E-state index in [1.54, 1.807) is 24.3 Å². The van der Waals surface area contributed by atoms with Crippen LogP contribution in [0.5, 0.6) is 0 Å². The van der Waals surface area contributed by atoms with E-state index in [0.29, 0.717) is 38.5 Å². The molecule has 3 heterocycles. The fourth-order valence-electron chi connectivity index (χ4n) is 4.08. The summed E-state index contributed by atoms with van der Waals surface area (Å²) in [5, 5.41) is 3.36. The minimum atomic E-state index is -0.350. The SMILES string of the molecule is O=C(Cn1c(=O)c2ccccc2n2c(=S)sc(-c3ccc(F)cc3)c12)NCC1CCCO1. The van der Waals surface area contributed by atoms with E-state index in [0.717, 1.165) is 18.4 Å². The molecule has 0 spiro atoms. The number of rotatable bonds is 5. The molecule has 1 unspecified atom stereocenters. The number of fused-ring (bicyclic) bond motifs is 3. The third-order valence-corrected chi connectivity index (χ3v) is 7.03. The first-order chi connectivity index (χ1) is 15.5. The van der Waals surface area contributed by atoms with Gasteiger partial charge in [-0.05, 0) is 54.9 Å². The summed E-state index contributed by atoms with van der Waals surface area (Å²) in [5.74, 6) is -0.626. The Morgan fingerprint density at radius 3 is 2.75 bits per heavy atom. The highest BCUT2D eigenvalue weighted by molar-refractivity contribution is 7.73. The summed E-state index contributed by atoms with van der Waals surface area (Å²) in [6, 6.07) is 13.2. The van der Waals surface area contributed by atoms with E-state index in [4.69, 9.17) is 17.0 Å². The van der Waals surface area contributed by atoms with Crippen LogP contribution in [-0.2, 0) is 16.1 Å². The molecule has 0 bridgehead atoms. The van der Waals surface area contributed by atoms with Crippen LogP contribution in [0.1, 0.15) is 12.8 Å². The van der Waals surface area contributed by atoms with Gasteiger partial charge in [0.15, 0.2) is 3.95 Å². The summed E-state index contributed by atoms with van der Waals surface area (Å²) < 4.78 is 22.9. The number of thiazole rings is 1. The highest BCUT2D eigenvalue weighted by Crippen LogP contribution is 2.33. The van der Waals surface area contributed by atoms with Crippen molar-refractivity contribution in [3.63, 3.8) is 0 Å². The summed E-state index contributed by atoms with van der Waals surface area (Å²) in [4.78, 5) is 26.9. The Morgan fingerprint density at radius 2 is 2.00 bits per heavy atom. The molecule has 1 aliphatic rings. The second-order valence-electron chi connectivity index (χ2n) is 7.71. The van der Waals surface area contributed by atoms with Gasteiger partial charge < -0.3 is 10.1 Å². The molecule has 32 heavy (non-hydrogen) atoms. The van der Waals surface area contributed by atoms with Crippen molar-refractivity contribution in [3.8, 4) is 10.4 Å². The minimum absolute atomic E-state index is 0.0110. The summed E-state index contributed by atoms with van der Waals surface area (Å²) in [6.07, 6.45) is 1.91. The van der Waals surface area contributed by atoms with Gasteiger partial charge in [-0.25, -0.2) is 4.39 Å². The summed E-state index contributed by atoms with van der Waals surface area (Å²) in [7, 11) is 0. The molecule has 0 saturated carbocycles. The van der Waals surface area contributed by atoms with E-state index >= 15 is 0 Å². The maximum Gasteiger partial charge on any atom is 0.262 e. The van der Waals surface area contributed by atoms with Crippen LogP contribution in [-0.4, -0.2) is 34.1 Å². The minimum Gasteiger partial charge on any atom is -0.376 e. The summed E-state index contributed by atoms with van der Waals surface area (Å²) in [6.45, 7) is 0.970. The van der Waals surface area contributed by atoms with Crippen LogP contribution >= 0.6 is 23.6 Å². The average Bonchev–Trinajstić information content (AvgIpc) is 3.44. The number of halogens is 1. The van der Waals surface area contributed by atoms with Crippen molar-refractivity contribution in [2.75, 3.05) is 13.2 Å². The number of hydrogen-bond acceptors (Lipinski definition) is 5. The molecule has 1 saturated heterocycles. The number of carbonyl (C=O) groups is 1. The molecule has 164 valence electrons. The van der Waals surface area contributed by atoms with E-state index < -0.39 is 0 Å². The topological polar surface area (TPSA) is 64.7 Å². The Balaban J connectivity index is 1.66. The van der Waals surface area contributed by atoms with Crippen LogP contribution in [0.2, 0.25) is 0 Å². The van der Waals surface area contributed by atoms with Gasteiger partial charge in [0.25, 0.3) is 5.56 Å². The maximum absolute atomic E-state index is 13.5. The Kier molecular flexibility index (Phi) is 5.62. The second-order valence-corrected chi connectivity index (χ2v) is 9.35. The molecule has 0 aliphatic carbocycles. The lowest BCUT2D eigenvalue weighted by atomic mass is 10.2. The van der Waals surface area contributed by atoms with E-state index in [1.165, 1.54) is 28.0 Å². The molecule has 6 nitrogen and oxygen atoms in total. The zero-order valence-corrected chi connectivity index (χ0v) is 18.7. The second kappa shape index (κ2) is 8.57. The number of hydrogen-bond donors (Lipinski definition) is 1. The van der Waals surface area contributed by atoms with Crippen LogP contribution in [0.4, 0.5) is 4.39 Å². The smallest absolute Gasteiger partial charge is 0.262 e. The molecule has 1 aliphatic heterocycles. The van der Waals surface area contributed by atoms with Crippen LogP contribution in [0.25, 0.3) is 27.0 Å². The number of amides is 1. The monoisotopic (exact) mass is 469 g/mol. The van der Waals surface area contributed by atoms with E-state index in [2.05, 4.69) is 5.32 Å². The summed E-state index contributed by atoms with van der Waals surface area (Å²) in [5.41, 5.74) is 1.66. The van der Waals surface area contributed by atoms with Crippen molar-refractivity contribution in [2.45, 2.75) is 25.5 Å². The molecule has 2 aromatic carbocycles. The molecule has 4 aromatic rings. The quantitative estimate of drug-likeness (QED) is 0.446. The zero-order valence-electron chi connectivity index (χ0n) is 17.0. The summed E-state index contributed by atoms with van der Waals surface area (Å²) >= 11 is 6.97. The van der Waals surface area contributed by atoms with Crippen LogP contribution in [0, 0.1) is 9.77 Å². The normalized spacial score (nSPS) is 16.1. The predicted octanol–water partition coefficient (Wildman–Crippen LogP) is 4.15. The first kappa shape index (κ1) is 21.0. The molecule has 1 amide bonds. The maximum atomic E-state index is 13.5. The van der Waals surface area contributed by atoms with Crippen molar-refractivity contribution in [1.29, 1.82) is 0 Å². The van der Waals surface area contributed by atoms with Crippen LogP contribution in [0.15, 0.2) is 53.3 Å². The van der Waals surface area contributed by atoms with Gasteiger partial charge >= 0.3 is 0 Å². The number of nitrogens with zero attached hydrogens (tertiary/aromatic N) is 2. The van der Waals surface area contributed by atoms with Gasteiger partial charge in [0, 0.05) is 13.2 Å². The van der Waals surface area contributed by atoms with E-state index in [1.807, 2.05) is 16.5 Å². The predicted molar refractivity (Wildman–Crippen MR) is 125 cm³/mol. The number of carbonyl (C=O) groups excluding carboxylic acids is 1. The fourth-order valence-corrected chi connectivity index (χ4v) is 5.51. The number of benzene rings is 2. The highest BCUT2D eigenvalue weighted by Gasteiger charge is 2.21. The van der Waals surface area contributed by atoms with Crippen molar-refractivity contribution in [2.24, 2.45) is 0 Å². The third-order valence-electron chi connectivity index (χ3n) is 5.62. The fraction of sp³-hybridized carbons (Fsp3) is 0.261. The van der Waals surface area contributed by atoms with Gasteiger partial charge in [-0.3, -0.25) is 18.6 Å². The Labute approximate surface area is 191 Å². The molecule has 2 aromatic heterocycles. The van der Waals surface area contributed by atoms with Crippen LogP contribution < -0.4 is 10.9 Å². The Hall–Kier alpha value is -2.88. The average molecular weight is 470 g/mol. The van der Waals surface area contributed by atoms with E-state index in [-0.39, 0.29) is 29.9 Å². The lowest BCUT2D eigenvalue weighted by molar-refractivity contribution is -0.122. The molecule has 1 atom stereocenters. The Morgan fingerprint density at radius 1 is 1.22 bits per heavy atom. The number of nitrogens with one attached hydrogen (secondary N) is 1. The molecule has 0 radical (unpaired) electrons. The van der Waals surface area contributed by atoms with E-state index in [9.17, 15) is 14.0 Å². The van der Waals surface area contributed by atoms with Gasteiger partial charge in [-0.1, -0.05) is 24.3 Å². The zero-order chi connectivity index (χ0) is 22.2. The first-order valence-corrected chi connectivity index (χ1v) is 11.6. The van der Waals surface area contributed by atoms with Crippen molar-refractivity contribution < 1.29 is 13.9 Å². The number of ether oxygens (including phenoxy) is 1. The lowest BCUT2D eigenvalue weighted by Gasteiger charge is -2.15. The molecule has 1 N–H and O–H groups in total. The molecular formula is C23H20FN3O3S2. The van der Waals surface area contributed by atoms with Crippen molar-refractivity contribution in [3.05, 3.63) is 68.7 Å². The number of para-hydroxylation sites is 1. The van der Waals surface area contributed by atoms with Crippen molar-refractivity contribution >= 4 is 46.0 Å². The lowest BCUT2D eigenvalue weighted by Crippen LogP contribution is -2.37. The van der Waals surface area contributed by atoms with Gasteiger partial charge in [0.05, 0.1) is 21.9 Å². The molecule has 9 heteroatoms. The molecule has 1 fully saturated rings. The molecule has 5 rings (SSSR count). The third kappa shape index (κ3) is 3.76. The standard InChI is InChI=1S/C23H20FN3O3S2/c24-15-9-7-14(8-10-15)20-21-26(13-19(28)25-12-16-4-3-11-30-16)22(29)17-5-1-2-6-18(17)27(21)23(31)32-20/h1-2,5-10,16H,3-4,11-13H2,(H,25,28). The largest absolute Gasteiger partial charge is 0.376 e. The van der Waals surface area contributed by atoms with Gasteiger partial charge in [0.1, 0.15) is 18.0 Å². The van der Waals surface area contributed by atoms with Gasteiger partial charge in [-0.2, -0.15) is 0 Å². The van der Waals surface area contributed by atoms with Crippen LogP contribution in [0.3, 0.4) is 0 Å². The van der Waals surface area contributed by atoms with Gasteiger partial charge in [0.2, 0.25) is 5.91 Å². The first-order valence-electron chi connectivity index (χ1n) is 10.3. The molecular weight excluding hydrogens is 449 g/mol.